The van der Waals surface area contributed by atoms with Crippen LogP contribution in [-0.4, -0.2) is 9.97 Å². The second-order valence-electron chi connectivity index (χ2n) is 3.14. The summed E-state index contributed by atoms with van der Waals surface area (Å²) in [5, 5.41) is 0. The Bertz CT molecular complexity index is 410. The van der Waals surface area contributed by atoms with Crippen molar-refractivity contribution in [1.29, 1.82) is 0 Å². The van der Waals surface area contributed by atoms with Crippen molar-refractivity contribution in [1.82, 2.24) is 9.97 Å². The monoisotopic (exact) mass is 202 g/mol. The maximum absolute atomic E-state index is 4.34. The van der Waals surface area contributed by atoms with Crippen LogP contribution in [0.2, 0.25) is 0 Å². The van der Waals surface area contributed by atoms with E-state index in [4.69, 9.17) is 0 Å². The minimum Gasteiger partial charge on any atom is -0.255 e. The number of fused-ring (bicyclic) bond motifs is 1. The molecule has 2 heterocycles. The maximum Gasteiger partial charge on any atom is 0.0889 e. The Morgan fingerprint density at radius 2 is 1.93 bits per heavy atom. The van der Waals surface area contributed by atoms with Crippen LogP contribution in [0.15, 0.2) is 30.6 Å². The summed E-state index contributed by atoms with van der Waals surface area (Å²) in [4.78, 5) is 8.60. The van der Waals surface area contributed by atoms with Gasteiger partial charge in [0.25, 0.3) is 0 Å². The molecule has 15 heavy (non-hydrogen) atoms. The molecule has 2 aromatic heterocycles. The van der Waals surface area contributed by atoms with E-state index in [0.717, 1.165) is 23.9 Å². The molecule has 2 aromatic rings. The molecular weight excluding hydrogens is 184 g/mol. The first kappa shape index (κ1) is 11.6. The van der Waals surface area contributed by atoms with Crippen molar-refractivity contribution in [3.63, 3.8) is 0 Å². The molecule has 2 rings (SSSR count). The van der Waals surface area contributed by atoms with E-state index >= 15 is 0 Å². The third kappa shape index (κ3) is 3.01. The Labute approximate surface area is 91.4 Å². The molecule has 2 nitrogen and oxygen atoms in total. The Kier molecular flexibility index (Phi) is 4.75. The Morgan fingerprint density at radius 1 is 1.13 bits per heavy atom. The molecule has 0 N–H and O–H groups in total. The molecule has 0 aliphatic heterocycles. The molecule has 0 amide bonds. The van der Waals surface area contributed by atoms with Crippen molar-refractivity contribution in [2.45, 2.75) is 33.6 Å². The molecule has 0 saturated carbocycles. The quantitative estimate of drug-likeness (QED) is 0.743. The van der Waals surface area contributed by atoms with Crippen LogP contribution >= 0.6 is 0 Å². The van der Waals surface area contributed by atoms with E-state index in [1.165, 1.54) is 5.56 Å². The van der Waals surface area contributed by atoms with Gasteiger partial charge in [-0.25, -0.2) is 0 Å². The molecule has 0 saturated heterocycles. The van der Waals surface area contributed by atoms with Gasteiger partial charge in [-0.15, -0.1) is 0 Å². The zero-order valence-electron chi connectivity index (χ0n) is 9.70. The van der Waals surface area contributed by atoms with Crippen molar-refractivity contribution < 1.29 is 0 Å². The van der Waals surface area contributed by atoms with Crippen molar-refractivity contribution in [2.24, 2.45) is 0 Å². The third-order valence-electron chi connectivity index (χ3n) is 2.05. The maximum atomic E-state index is 4.34. The highest BCUT2D eigenvalue weighted by molar-refractivity contribution is 5.73. The van der Waals surface area contributed by atoms with E-state index in [9.17, 15) is 0 Å². The van der Waals surface area contributed by atoms with Gasteiger partial charge in [-0.1, -0.05) is 27.2 Å². The van der Waals surface area contributed by atoms with E-state index in [1.807, 2.05) is 32.2 Å². The summed E-state index contributed by atoms with van der Waals surface area (Å²) < 4.78 is 0. The lowest BCUT2D eigenvalue weighted by molar-refractivity contribution is 0.917. The molecule has 0 radical (unpaired) electrons. The summed E-state index contributed by atoms with van der Waals surface area (Å²) in [5.41, 5.74) is 3.24. The van der Waals surface area contributed by atoms with Crippen molar-refractivity contribution in [3.8, 4) is 0 Å². The van der Waals surface area contributed by atoms with E-state index in [1.54, 1.807) is 6.20 Å². The smallest absolute Gasteiger partial charge is 0.0889 e. The van der Waals surface area contributed by atoms with Crippen molar-refractivity contribution >= 4 is 11.0 Å². The van der Waals surface area contributed by atoms with Gasteiger partial charge in [-0.05, 0) is 30.2 Å². The van der Waals surface area contributed by atoms with Gasteiger partial charge in [0.2, 0.25) is 0 Å². The van der Waals surface area contributed by atoms with Crippen LogP contribution < -0.4 is 0 Å². The summed E-state index contributed by atoms with van der Waals surface area (Å²) in [5.74, 6) is 0. The van der Waals surface area contributed by atoms with E-state index in [2.05, 4.69) is 23.0 Å². The Morgan fingerprint density at radius 3 is 2.67 bits per heavy atom. The SMILES string of the molecule is CC.CCCc1cnc2cccnc2c1. The van der Waals surface area contributed by atoms with Gasteiger partial charge in [0.15, 0.2) is 0 Å². The lowest BCUT2D eigenvalue weighted by Crippen LogP contribution is -1.87. The second kappa shape index (κ2) is 6.12. The van der Waals surface area contributed by atoms with Crippen LogP contribution in [0.1, 0.15) is 32.8 Å². The number of aryl methyl sites for hydroxylation is 1. The van der Waals surface area contributed by atoms with Gasteiger partial charge in [-0.2, -0.15) is 0 Å². The van der Waals surface area contributed by atoms with Gasteiger partial charge in [-0.3, -0.25) is 9.97 Å². The summed E-state index contributed by atoms with van der Waals surface area (Å²) in [7, 11) is 0. The topological polar surface area (TPSA) is 25.8 Å². The first-order valence-electron chi connectivity index (χ1n) is 5.60. The number of pyridine rings is 2. The van der Waals surface area contributed by atoms with E-state index in [-0.39, 0.29) is 0 Å². The number of hydrogen-bond donors (Lipinski definition) is 0. The first-order chi connectivity index (χ1) is 7.40. The fourth-order valence-electron chi connectivity index (χ4n) is 1.42. The average Bonchev–Trinajstić information content (AvgIpc) is 2.32. The zero-order valence-corrected chi connectivity index (χ0v) is 9.70. The molecule has 2 heteroatoms. The van der Waals surface area contributed by atoms with Gasteiger partial charge < -0.3 is 0 Å². The summed E-state index contributed by atoms with van der Waals surface area (Å²) >= 11 is 0. The number of nitrogens with zero attached hydrogens (tertiary/aromatic N) is 2. The number of rotatable bonds is 2. The molecule has 0 fully saturated rings. The molecule has 0 atom stereocenters. The Balaban J connectivity index is 0.000000531. The fraction of sp³-hybridized carbons (Fsp3) is 0.385. The zero-order chi connectivity index (χ0) is 11.1. The van der Waals surface area contributed by atoms with Crippen molar-refractivity contribution in [2.75, 3.05) is 0 Å². The lowest BCUT2D eigenvalue weighted by atomic mass is 10.1. The minimum atomic E-state index is 0.974. The lowest BCUT2D eigenvalue weighted by Gasteiger charge is -1.99. The van der Waals surface area contributed by atoms with Crippen LogP contribution in [0, 0.1) is 0 Å². The molecule has 0 unspecified atom stereocenters. The molecule has 0 aliphatic carbocycles. The number of aromatic nitrogens is 2. The first-order valence-corrected chi connectivity index (χ1v) is 5.60. The van der Waals surface area contributed by atoms with Gasteiger partial charge >= 0.3 is 0 Å². The minimum absolute atomic E-state index is 0.974. The summed E-state index contributed by atoms with van der Waals surface area (Å²) in [6.45, 7) is 6.17. The van der Waals surface area contributed by atoms with E-state index in [0.29, 0.717) is 0 Å². The van der Waals surface area contributed by atoms with E-state index < -0.39 is 0 Å². The highest BCUT2D eigenvalue weighted by Crippen LogP contribution is 2.10. The highest BCUT2D eigenvalue weighted by atomic mass is 14.7. The molecule has 80 valence electrons. The van der Waals surface area contributed by atoms with Crippen LogP contribution in [0.4, 0.5) is 0 Å². The predicted octanol–water partition coefficient (Wildman–Crippen LogP) is 3.61. The largest absolute Gasteiger partial charge is 0.255 e. The normalized spacial score (nSPS) is 9.53. The molecule has 0 aliphatic rings. The van der Waals surface area contributed by atoms with Gasteiger partial charge in [0, 0.05) is 12.4 Å². The summed E-state index contributed by atoms with van der Waals surface area (Å²) in [6, 6.07) is 6.01. The Hall–Kier alpha value is -1.44. The average molecular weight is 202 g/mol. The standard InChI is InChI=1S/C11H12N2.C2H6/c1-2-4-9-7-11-10(13-8-9)5-3-6-12-11;1-2/h3,5-8H,2,4H2,1H3;1-2H3. The highest BCUT2D eigenvalue weighted by Gasteiger charge is 1.96. The number of hydrogen-bond acceptors (Lipinski definition) is 2. The molecular formula is C13H18N2. The van der Waals surface area contributed by atoms with Crippen molar-refractivity contribution in [3.05, 3.63) is 36.2 Å². The second-order valence-corrected chi connectivity index (χ2v) is 3.14. The molecule has 0 bridgehead atoms. The van der Waals surface area contributed by atoms with Gasteiger partial charge in [0.05, 0.1) is 11.0 Å². The predicted molar refractivity (Wildman–Crippen MR) is 64.9 cm³/mol. The van der Waals surface area contributed by atoms with Crippen LogP contribution in [0.3, 0.4) is 0 Å². The fourth-order valence-corrected chi connectivity index (χ4v) is 1.42. The van der Waals surface area contributed by atoms with Crippen LogP contribution in [-0.2, 0) is 6.42 Å². The third-order valence-corrected chi connectivity index (χ3v) is 2.05. The summed E-state index contributed by atoms with van der Waals surface area (Å²) in [6.07, 6.45) is 5.98. The van der Waals surface area contributed by atoms with Crippen LogP contribution in [0.25, 0.3) is 11.0 Å². The van der Waals surface area contributed by atoms with Gasteiger partial charge in [0.1, 0.15) is 0 Å². The molecule has 0 spiro atoms. The molecule has 0 aromatic carbocycles. The van der Waals surface area contributed by atoms with Crippen LogP contribution in [0.5, 0.6) is 0 Å².